The molecule has 0 unspecified atom stereocenters. The van der Waals surface area contributed by atoms with E-state index < -0.39 is 10.0 Å². The van der Waals surface area contributed by atoms with Crippen molar-refractivity contribution in [1.82, 2.24) is 0 Å². The molecule has 0 aromatic heterocycles. The molecule has 0 saturated heterocycles. The number of allylic oxidation sites excluding steroid dienone is 2. The lowest BCUT2D eigenvalue weighted by Crippen LogP contribution is -2.14. The number of primary sulfonamides is 1. The summed E-state index contributed by atoms with van der Waals surface area (Å²) in [6, 6.07) is 5.10. The van der Waals surface area contributed by atoms with Crippen LogP contribution < -0.4 is 5.14 Å². The number of hydrogen-bond acceptors (Lipinski definition) is 2. The highest BCUT2D eigenvalue weighted by Crippen LogP contribution is 2.18. The van der Waals surface area contributed by atoms with Crippen LogP contribution in [0.3, 0.4) is 0 Å². The van der Waals surface area contributed by atoms with Crippen molar-refractivity contribution in [3.8, 4) is 0 Å². The zero-order valence-corrected chi connectivity index (χ0v) is 9.83. The molecule has 0 saturated carbocycles. The van der Waals surface area contributed by atoms with Gasteiger partial charge in [-0.2, -0.15) is 0 Å². The van der Waals surface area contributed by atoms with Gasteiger partial charge in [-0.25, -0.2) is 13.6 Å². The Morgan fingerprint density at radius 1 is 1.19 bits per heavy atom. The van der Waals surface area contributed by atoms with Gasteiger partial charge >= 0.3 is 0 Å². The van der Waals surface area contributed by atoms with Crippen LogP contribution in [-0.2, 0) is 22.9 Å². The maximum atomic E-state index is 11.3. The summed E-state index contributed by atoms with van der Waals surface area (Å²) < 4.78 is 22.6. The molecule has 0 aliphatic carbocycles. The first kappa shape index (κ1) is 12.7. The summed E-state index contributed by atoms with van der Waals surface area (Å²) in [5.74, 6) is 0. The number of benzene rings is 1. The third-order valence-corrected chi connectivity index (χ3v) is 3.19. The summed E-state index contributed by atoms with van der Waals surface area (Å²) in [6.07, 6.45) is 4.61. The van der Waals surface area contributed by atoms with Crippen LogP contribution in [0.2, 0.25) is 0 Å². The molecule has 1 aromatic carbocycles. The van der Waals surface area contributed by atoms with Gasteiger partial charge in [-0.1, -0.05) is 24.3 Å². The molecule has 0 aliphatic heterocycles. The maximum Gasteiger partial charge on any atom is 0.238 e. The van der Waals surface area contributed by atoms with Gasteiger partial charge in [-0.3, -0.25) is 0 Å². The largest absolute Gasteiger partial charge is 0.238 e. The molecule has 0 radical (unpaired) electrons. The van der Waals surface area contributed by atoms with Crippen LogP contribution in [0.1, 0.15) is 11.1 Å². The lowest BCUT2D eigenvalue weighted by Gasteiger charge is -2.07. The monoisotopic (exact) mass is 237 g/mol. The van der Waals surface area contributed by atoms with Crippen molar-refractivity contribution >= 4 is 10.0 Å². The van der Waals surface area contributed by atoms with Gasteiger partial charge in [0.25, 0.3) is 0 Å². The molecule has 0 fully saturated rings. The van der Waals surface area contributed by atoms with E-state index in [-0.39, 0.29) is 4.90 Å². The Morgan fingerprint density at radius 3 is 2.31 bits per heavy atom. The molecular weight excluding hydrogens is 222 g/mol. The van der Waals surface area contributed by atoms with Crippen molar-refractivity contribution in [2.24, 2.45) is 5.14 Å². The number of sulfonamides is 1. The summed E-state index contributed by atoms with van der Waals surface area (Å²) in [6.45, 7) is 7.24. The van der Waals surface area contributed by atoms with Crippen LogP contribution in [0.25, 0.3) is 0 Å². The van der Waals surface area contributed by atoms with E-state index >= 15 is 0 Å². The maximum absolute atomic E-state index is 11.3. The second-order valence-electron chi connectivity index (χ2n) is 3.47. The molecule has 2 N–H and O–H groups in total. The molecule has 0 bridgehead atoms. The average Bonchev–Trinajstić information content (AvgIpc) is 2.17. The molecular formula is C12H15NO2S. The van der Waals surface area contributed by atoms with Crippen molar-refractivity contribution in [3.05, 3.63) is 54.6 Å². The van der Waals surface area contributed by atoms with E-state index in [2.05, 4.69) is 13.2 Å². The Bertz CT molecular complexity index is 504. The van der Waals surface area contributed by atoms with Gasteiger partial charge in [-0.05, 0) is 30.0 Å². The van der Waals surface area contributed by atoms with Crippen LogP contribution in [-0.4, -0.2) is 8.42 Å². The van der Waals surface area contributed by atoms with E-state index in [0.717, 1.165) is 5.56 Å². The van der Waals surface area contributed by atoms with E-state index in [0.29, 0.717) is 18.4 Å². The second kappa shape index (κ2) is 5.09. The fourth-order valence-electron chi connectivity index (χ4n) is 1.52. The summed E-state index contributed by atoms with van der Waals surface area (Å²) in [4.78, 5) is 0.167. The zero-order valence-electron chi connectivity index (χ0n) is 9.02. The van der Waals surface area contributed by atoms with Crippen molar-refractivity contribution in [2.75, 3.05) is 0 Å². The fourth-order valence-corrected chi connectivity index (χ4v) is 2.28. The first-order valence-corrected chi connectivity index (χ1v) is 6.40. The lowest BCUT2D eigenvalue weighted by molar-refractivity contribution is 0.597. The predicted octanol–water partition coefficient (Wildman–Crippen LogP) is 1.79. The topological polar surface area (TPSA) is 60.2 Å². The predicted molar refractivity (Wildman–Crippen MR) is 65.6 cm³/mol. The third kappa shape index (κ3) is 3.05. The second-order valence-corrected chi connectivity index (χ2v) is 5.00. The highest BCUT2D eigenvalue weighted by atomic mass is 32.2. The average molecular weight is 237 g/mol. The molecule has 1 rings (SSSR count). The molecule has 0 spiro atoms. The molecule has 0 atom stereocenters. The van der Waals surface area contributed by atoms with E-state index in [1.807, 2.05) is 6.07 Å². The van der Waals surface area contributed by atoms with Gasteiger partial charge in [-0.15, -0.1) is 13.2 Å². The minimum Gasteiger partial charge on any atom is -0.225 e. The Morgan fingerprint density at radius 2 is 1.81 bits per heavy atom. The van der Waals surface area contributed by atoms with Crippen LogP contribution in [0.4, 0.5) is 0 Å². The Hall–Kier alpha value is -1.39. The summed E-state index contributed by atoms with van der Waals surface area (Å²) in [5, 5.41) is 5.13. The molecule has 16 heavy (non-hydrogen) atoms. The molecule has 0 amide bonds. The van der Waals surface area contributed by atoms with Crippen molar-refractivity contribution in [2.45, 2.75) is 17.7 Å². The summed E-state index contributed by atoms with van der Waals surface area (Å²) in [5.41, 5.74) is 1.69. The number of rotatable bonds is 5. The van der Waals surface area contributed by atoms with Crippen molar-refractivity contribution in [3.63, 3.8) is 0 Å². The van der Waals surface area contributed by atoms with Gasteiger partial charge in [0, 0.05) is 0 Å². The van der Waals surface area contributed by atoms with Gasteiger partial charge in [0.2, 0.25) is 10.0 Å². The van der Waals surface area contributed by atoms with Gasteiger partial charge in [0.15, 0.2) is 0 Å². The molecule has 1 aromatic rings. The van der Waals surface area contributed by atoms with E-state index in [1.54, 1.807) is 18.2 Å². The fraction of sp³-hybridized carbons (Fsp3) is 0.167. The number of nitrogens with two attached hydrogens (primary N) is 1. The summed E-state index contributed by atoms with van der Waals surface area (Å²) >= 11 is 0. The van der Waals surface area contributed by atoms with Gasteiger partial charge in [0.05, 0.1) is 4.90 Å². The van der Waals surface area contributed by atoms with Gasteiger partial charge < -0.3 is 0 Å². The van der Waals surface area contributed by atoms with Gasteiger partial charge in [0.1, 0.15) is 0 Å². The molecule has 3 nitrogen and oxygen atoms in total. The quantitative estimate of drug-likeness (QED) is 0.794. The summed E-state index contributed by atoms with van der Waals surface area (Å²) in [7, 11) is -3.66. The Kier molecular flexibility index (Phi) is 4.04. The van der Waals surface area contributed by atoms with Crippen molar-refractivity contribution < 1.29 is 8.42 Å². The number of hydrogen-bond donors (Lipinski definition) is 1. The van der Waals surface area contributed by atoms with Crippen LogP contribution >= 0.6 is 0 Å². The van der Waals surface area contributed by atoms with Crippen LogP contribution in [0.15, 0.2) is 48.4 Å². The first-order chi connectivity index (χ1) is 7.49. The van der Waals surface area contributed by atoms with Crippen LogP contribution in [0.5, 0.6) is 0 Å². The lowest BCUT2D eigenvalue weighted by atomic mass is 10.1. The molecule has 86 valence electrons. The third-order valence-electron chi connectivity index (χ3n) is 2.18. The standard InChI is InChI=1S/C12H15NO2S/c1-3-5-10-7-8-12(16(13,14)15)11(9-10)6-4-2/h3-4,7-9H,1-2,5-6H2,(H2,13,14,15). The SMILES string of the molecule is C=CCc1ccc(S(N)(=O)=O)c(CC=C)c1. The Balaban J connectivity index is 3.29. The zero-order chi connectivity index (χ0) is 12.2. The minimum absolute atomic E-state index is 0.167. The molecule has 4 heteroatoms. The van der Waals surface area contributed by atoms with Crippen molar-refractivity contribution in [1.29, 1.82) is 0 Å². The normalized spacial score (nSPS) is 11.1. The highest BCUT2D eigenvalue weighted by Gasteiger charge is 2.12. The highest BCUT2D eigenvalue weighted by molar-refractivity contribution is 7.89. The molecule has 0 heterocycles. The molecule has 0 aliphatic rings. The Labute approximate surface area is 96.3 Å². The van der Waals surface area contributed by atoms with E-state index in [9.17, 15) is 8.42 Å². The smallest absolute Gasteiger partial charge is 0.225 e. The minimum atomic E-state index is -3.66. The van der Waals surface area contributed by atoms with E-state index in [4.69, 9.17) is 5.14 Å². The van der Waals surface area contributed by atoms with E-state index in [1.165, 1.54) is 6.07 Å². The first-order valence-electron chi connectivity index (χ1n) is 4.85. The van der Waals surface area contributed by atoms with Crippen LogP contribution in [0, 0.1) is 0 Å².